The maximum atomic E-state index is 11.9. The van der Waals surface area contributed by atoms with Crippen LogP contribution in [0.1, 0.15) is 19.0 Å². The summed E-state index contributed by atoms with van der Waals surface area (Å²) in [5.74, 6) is 0.214. The highest BCUT2D eigenvalue weighted by molar-refractivity contribution is 7.15. The van der Waals surface area contributed by atoms with Crippen LogP contribution in [0.5, 0.6) is 0 Å². The lowest BCUT2D eigenvalue weighted by atomic mass is 10.2. The predicted octanol–water partition coefficient (Wildman–Crippen LogP) is 0.810. The molecule has 7 heteroatoms. The van der Waals surface area contributed by atoms with E-state index in [1.807, 2.05) is 17.2 Å². The van der Waals surface area contributed by atoms with Crippen molar-refractivity contribution in [2.24, 2.45) is 0 Å². The van der Waals surface area contributed by atoms with E-state index in [2.05, 4.69) is 9.88 Å². The number of hydrogen-bond acceptors (Lipinski definition) is 5. The third-order valence-corrected chi connectivity index (χ3v) is 4.53. The van der Waals surface area contributed by atoms with Crippen molar-refractivity contribution in [2.45, 2.75) is 19.9 Å². The second kappa shape index (κ2) is 5.95. The second-order valence-corrected chi connectivity index (χ2v) is 6.02. The summed E-state index contributed by atoms with van der Waals surface area (Å²) in [6, 6.07) is 1.60. The average molecular weight is 306 g/mol. The number of fused-ring (bicyclic) bond motifs is 1. The summed E-state index contributed by atoms with van der Waals surface area (Å²) in [5, 5.41) is 1.86. The molecule has 2 aromatic heterocycles. The lowest BCUT2D eigenvalue weighted by molar-refractivity contribution is -0.132. The van der Waals surface area contributed by atoms with E-state index in [0.717, 1.165) is 36.8 Å². The number of rotatable bonds is 3. The number of nitrogens with zero attached hydrogens (tertiary/aromatic N) is 4. The topological polar surface area (TPSA) is 57.9 Å². The summed E-state index contributed by atoms with van der Waals surface area (Å²) < 4.78 is 1.56. The zero-order valence-corrected chi connectivity index (χ0v) is 12.8. The molecule has 0 atom stereocenters. The minimum atomic E-state index is -0.0314. The highest BCUT2D eigenvalue weighted by Crippen LogP contribution is 2.10. The van der Waals surface area contributed by atoms with Gasteiger partial charge in [0.1, 0.15) is 0 Å². The first-order valence-electron chi connectivity index (χ1n) is 7.13. The minimum Gasteiger partial charge on any atom is -0.340 e. The molecule has 6 nitrogen and oxygen atoms in total. The van der Waals surface area contributed by atoms with Crippen molar-refractivity contribution in [1.29, 1.82) is 0 Å². The summed E-state index contributed by atoms with van der Waals surface area (Å²) in [6.45, 7) is 5.73. The van der Waals surface area contributed by atoms with Crippen LogP contribution in [0.25, 0.3) is 4.96 Å². The number of amides is 1. The summed E-state index contributed by atoms with van der Waals surface area (Å²) in [4.78, 5) is 33.0. The second-order valence-electron chi connectivity index (χ2n) is 5.15. The Kier molecular flexibility index (Phi) is 4.03. The molecule has 21 heavy (non-hydrogen) atoms. The summed E-state index contributed by atoms with van der Waals surface area (Å²) in [5.41, 5.74) is 0.772. The molecular formula is C14H18N4O2S. The Morgan fingerprint density at radius 2 is 2.10 bits per heavy atom. The van der Waals surface area contributed by atoms with E-state index in [9.17, 15) is 9.59 Å². The van der Waals surface area contributed by atoms with Crippen molar-refractivity contribution < 1.29 is 4.79 Å². The fraction of sp³-hybridized carbons (Fsp3) is 0.500. The van der Waals surface area contributed by atoms with Crippen molar-refractivity contribution in [3.63, 3.8) is 0 Å². The number of piperazine rings is 1. The Bertz CT molecular complexity index is 700. The highest BCUT2D eigenvalue weighted by Gasteiger charge is 2.20. The fourth-order valence-corrected chi connectivity index (χ4v) is 3.32. The smallest absolute Gasteiger partial charge is 0.258 e. The van der Waals surface area contributed by atoms with Crippen molar-refractivity contribution in [2.75, 3.05) is 26.2 Å². The van der Waals surface area contributed by atoms with Gasteiger partial charge in [0.25, 0.3) is 5.56 Å². The first-order valence-corrected chi connectivity index (χ1v) is 8.01. The monoisotopic (exact) mass is 306 g/mol. The van der Waals surface area contributed by atoms with Gasteiger partial charge in [0, 0.05) is 56.8 Å². The fourth-order valence-electron chi connectivity index (χ4n) is 2.58. The molecule has 1 fully saturated rings. The average Bonchev–Trinajstić information content (AvgIpc) is 2.96. The number of hydrogen-bond donors (Lipinski definition) is 0. The Hall–Kier alpha value is -1.73. The molecule has 0 radical (unpaired) electrons. The SMILES string of the molecule is CCC(=O)N1CCN(Cc2cc(=O)n3ccsc3n2)CC1. The van der Waals surface area contributed by atoms with Crippen molar-refractivity contribution in [1.82, 2.24) is 19.2 Å². The molecule has 0 saturated carbocycles. The molecule has 0 aromatic carbocycles. The Labute approximate surface area is 126 Å². The van der Waals surface area contributed by atoms with Crippen molar-refractivity contribution in [3.05, 3.63) is 33.7 Å². The van der Waals surface area contributed by atoms with Gasteiger partial charge in [-0.15, -0.1) is 11.3 Å². The lowest BCUT2D eigenvalue weighted by Gasteiger charge is -2.34. The van der Waals surface area contributed by atoms with E-state index < -0.39 is 0 Å². The maximum absolute atomic E-state index is 11.9. The zero-order chi connectivity index (χ0) is 14.8. The summed E-state index contributed by atoms with van der Waals surface area (Å²) >= 11 is 1.47. The van der Waals surface area contributed by atoms with Crippen LogP contribution < -0.4 is 5.56 Å². The van der Waals surface area contributed by atoms with Gasteiger partial charge >= 0.3 is 0 Å². The molecule has 0 bridgehead atoms. The van der Waals surface area contributed by atoms with E-state index >= 15 is 0 Å². The van der Waals surface area contributed by atoms with E-state index in [1.54, 1.807) is 16.7 Å². The van der Waals surface area contributed by atoms with Crippen LogP contribution in [-0.2, 0) is 11.3 Å². The predicted molar refractivity (Wildman–Crippen MR) is 81.5 cm³/mol. The molecule has 1 aliphatic heterocycles. The Balaban J connectivity index is 1.67. The number of thiazole rings is 1. The molecule has 2 aromatic rings. The molecule has 0 unspecified atom stereocenters. The summed E-state index contributed by atoms with van der Waals surface area (Å²) in [7, 11) is 0. The van der Waals surface area contributed by atoms with Gasteiger partial charge in [-0.3, -0.25) is 18.9 Å². The van der Waals surface area contributed by atoms with Gasteiger partial charge in [-0.2, -0.15) is 0 Å². The van der Waals surface area contributed by atoms with Gasteiger partial charge < -0.3 is 4.90 Å². The van der Waals surface area contributed by atoms with Gasteiger partial charge in [-0.1, -0.05) is 6.92 Å². The van der Waals surface area contributed by atoms with Crippen LogP contribution in [0.15, 0.2) is 22.4 Å². The first kappa shape index (κ1) is 14.2. The van der Waals surface area contributed by atoms with E-state index in [0.29, 0.717) is 13.0 Å². The van der Waals surface area contributed by atoms with Crippen LogP contribution in [0.4, 0.5) is 0 Å². The largest absolute Gasteiger partial charge is 0.340 e. The maximum Gasteiger partial charge on any atom is 0.258 e. The number of carbonyl (C=O) groups is 1. The summed E-state index contributed by atoms with van der Waals surface area (Å²) in [6.07, 6.45) is 2.31. The molecule has 1 saturated heterocycles. The van der Waals surface area contributed by atoms with Crippen LogP contribution in [0.3, 0.4) is 0 Å². The molecule has 1 amide bonds. The Morgan fingerprint density at radius 1 is 1.33 bits per heavy atom. The standard InChI is InChI=1S/C14H18N4O2S/c1-2-12(19)17-5-3-16(4-6-17)10-11-9-13(20)18-7-8-21-14(18)15-11/h7-9H,2-6,10H2,1H3. The third-order valence-electron chi connectivity index (χ3n) is 3.77. The van der Waals surface area contributed by atoms with Crippen LogP contribution in [0, 0.1) is 0 Å². The van der Waals surface area contributed by atoms with Gasteiger partial charge in [0.15, 0.2) is 4.96 Å². The van der Waals surface area contributed by atoms with Gasteiger partial charge in [0.2, 0.25) is 5.91 Å². The Morgan fingerprint density at radius 3 is 2.81 bits per heavy atom. The molecule has 3 heterocycles. The van der Waals surface area contributed by atoms with Crippen LogP contribution in [0.2, 0.25) is 0 Å². The highest BCUT2D eigenvalue weighted by atomic mass is 32.1. The molecule has 0 spiro atoms. The molecule has 112 valence electrons. The van der Waals surface area contributed by atoms with E-state index in [4.69, 9.17) is 0 Å². The molecule has 0 N–H and O–H groups in total. The molecule has 1 aliphatic rings. The normalized spacial score (nSPS) is 16.5. The number of carbonyl (C=O) groups excluding carboxylic acids is 1. The van der Waals surface area contributed by atoms with Crippen molar-refractivity contribution >= 4 is 22.2 Å². The molecule has 3 rings (SSSR count). The quantitative estimate of drug-likeness (QED) is 0.842. The molecular weight excluding hydrogens is 288 g/mol. The van der Waals surface area contributed by atoms with Crippen LogP contribution in [-0.4, -0.2) is 51.3 Å². The zero-order valence-electron chi connectivity index (χ0n) is 12.0. The third kappa shape index (κ3) is 2.98. The van der Waals surface area contributed by atoms with Gasteiger partial charge in [0.05, 0.1) is 5.69 Å². The number of aromatic nitrogens is 2. The lowest BCUT2D eigenvalue weighted by Crippen LogP contribution is -2.48. The van der Waals surface area contributed by atoms with Gasteiger partial charge in [-0.05, 0) is 0 Å². The molecule has 0 aliphatic carbocycles. The van der Waals surface area contributed by atoms with E-state index in [1.165, 1.54) is 11.3 Å². The van der Waals surface area contributed by atoms with Gasteiger partial charge in [-0.25, -0.2) is 4.98 Å². The minimum absolute atomic E-state index is 0.0314. The van der Waals surface area contributed by atoms with Crippen molar-refractivity contribution in [3.8, 4) is 0 Å². The first-order chi connectivity index (χ1) is 10.2. The van der Waals surface area contributed by atoms with Crippen LogP contribution >= 0.6 is 11.3 Å². The van der Waals surface area contributed by atoms with E-state index in [-0.39, 0.29) is 11.5 Å².